The fourth-order valence-corrected chi connectivity index (χ4v) is 3.47. The number of carbonyl (C=O) groups excluding carboxylic acids is 4. The number of aromatic hydroxyl groups is 2. The van der Waals surface area contributed by atoms with Crippen LogP contribution in [-0.2, 0) is 9.59 Å². The van der Waals surface area contributed by atoms with Gasteiger partial charge < -0.3 is 40.6 Å². The van der Waals surface area contributed by atoms with Gasteiger partial charge in [-0.3, -0.25) is 9.59 Å². The molecule has 220 valence electrons. The summed E-state index contributed by atoms with van der Waals surface area (Å²) in [6, 6.07) is 19.7. The first kappa shape index (κ1) is 37.5. The van der Waals surface area contributed by atoms with E-state index in [-0.39, 0.29) is 70.5 Å². The van der Waals surface area contributed by atoms with Crippen LogP contribution in [0, 0.1) is 0 Å². The second-order valence-corrected chi connectivity index (χ2v) is 8.78. The summed E-state index contributed by atoms with van der Waals surface area (Å²) in [5, 5.41) is 62.0. The summed E-state index contributed by atoms with van der Waals surface area (Å²) in [7, 11) is 0. The Hall–Kier alpha value is -4.70. The Morgan fingerprint density at radius 3 is 1.15 bits per heavy atom. The summed E-state index contributed by atoms with van der Waals surface area (Å²) in [6.45, 7) is 0. The molecule has 0 radical (unpaired) electrons. The first-order chi connectivity index (χ1) is 21.1. The molecule has 0 saturated heterocycles. The van der Waals surface area contributed by atoms with Gasteiger partial charge in [-0.1, -0.05) is 0 Å². The Balaban J connectivity index is 0.00000368. The first-order valence-electron chi connectivity index (χ1n) is 12.5. The number of amides is 2. The maximum atomic E-state index is 12.2. The standard InChI is InChI=1S/C30H22N6O8.2Na/c37-25-11-9-21(15-23(25)29(41)42)35-33-19-5-1-17(2-6-19)31-27(39)13-14-28(40)32-18-3-7-20(8-4-18)34-36-22-10-12-26(38)24(16-22)30(43)44;;/h1-16,37-38H,(H,31,39)(H,32,40)(H,41,42)(H,43,44);;/q;2*+1/p-2/b14-13+,35-33?,36-34?;;. The van der Waals surface area contributed by atoms with Gasteiger partial charge >= 0.3 is 59.1 Å². The largest absolute Gasteiger partial charge is 1.00 e. The fraction of sp³-hybridized carbons (Fsp3) is 0. The second kappa shape index (κ2) is 17.7. The van der Waals surface area contributed by atoms with Gasteiger partial charge in [-0.25, -0.2) is 0 Å². The van der Waals surface area contributed by atoms with E-state index in [9.17, 15) is 39.6 Å². The Kier molecular flexibility index (Phi) is 14.4. The van der Waals surface area contributed by atoms with E-state index in [0.717, 1.165) is 36.4 Å². The van der Waals surface area contributed by atoms with Gasteiger partial charge in [-0.15, -0.1) is 0 Å². The average Bonchev–Trinajstić information content (AvgIpc) is 3.00. The number of phenols is 2. The van der Waals surface area contributed by atoms with Crippen molar-refractivity contribution in [1.82, 2.24) is 0 Å². The SMILES string of the molecule is O=C(/C=C/C(=O)Nc1ccc(N=Nc2ccc(O)c(C(=O)[O-])c2)cc1)Nc1ccc(N=Nc2ccc(O)c(C(=O)[O-])c2)cc1.[Na+].[Na+]. The van der Waals surface area contributed by atoms with Crippen LogP contribution in [-0.4, -0.2) is 34.0 Å². The van der Waals surface area contributed by atoms with Crippen molar-refractivity contribution >= 4 is 57.9 Å². The number of nitrogens with one attached hydrogen (secondary N) is 2. The van der Waals surface area contributed by atoms with Crippen molar-refractivity contribution in [2.45, 2.75) is 0 Å². The zero-order valence-electron chi connectivity index (χ0n) is 24.4. The summed E-state index contributed by atoms with van der Waals surface area (Å²) >= 11 is 0. The maximum absolute atomic E-state index is 12.2. The molecule has 0 saturated carbocycles. The van der Waals surface area contributed by atoms with E-state index >= 15 is 0 Å². The predicted octanol–water partition coefficient (Wildman–Crippen LogP) is -2.20. The topological polar surface area (TPSA) is 228 Å². The van der Waals surface area contributed by atoms with Crippen molar-refractivity contribution in [3.8, 4) is 11.5 Å². The van der Waals surface area contributed by atoms with Gasteiger partial charge in [0.2, 0.25) is 11.8 Å². The zero-order chi connectivity index (χ0) is 31.6. The summed E-state index contributed by atoms with van der Waals surface area (Å²) in [6.07, 6.45) is 2.09. The van der Waals surface area contributed by atoms with Gasteiger partial charge in [0.15, 0.2) is 0 Å². The van der Waals surface area contributed by atoms with E-state index in [4.69, 9.17) is 0 Å². The van der Waals surface area contributed by atoms with Crippen molar-refractivity contribution in [3.63, 3.8) is 0 Å². The molecule has 0 aliphatic rings. The molecule has 4 N–H and O–H groups in total. The van der Waals surface area contributed by atoms with Crippen LogP contribution in [0.25, 0.3) is 0 Å². The fourth-order valence-electron chi connectivity index (χ4n) is 3.47. The minimum absolute atomic E-state index is 0. The first-order valence-corrected chi connectivity index (χ1v) is 12.5. The number of nitrogens with zero attached hydrogens (tertiary/aromatic N) is 4. The molecule has 2 amide bonds. The molecule has 46 heavy (non-hydrogen) atoms. The van der Waals surface area contributed by atoms with Crippen LogP contribution < -0.4 is 80.0 Å². The van der Waals surface area contributed by atoms with Crippen molar-refractivity contribution in [3.05, 3.63) is 108 Å². The van der Waals surface area contributed by atoms with Crippen LogP contribution in [0.4, 0.5) is 34.1 Å². The van der Waals surface area contributed by atoms with E-state index in [2.05, 4.69) is 31.1 Å². The van der Waals surface area contributed by atoms with E-state index in [1.165, 1.54) is 12.1 Å². The van der Waals surface area contributed by atoms with Gasteiger partial charge in [-0.05, 0) is 84.9 Å². The van der Waals surface area contributed by atoms with Crippen LogP contribution in [0.3, 0.4) is 0 Å². The molecule has 0 fully saturated rings. The third kappa shape index (κ3) is 11.0. The number of carboxylic acid groups (broad SMARTS) is 2. The summed E-state index contributed by atoms with van der Waals surface area (Å²) in [4.78, 5) is 46.5. The van der Waals surface area contributed by atoms with Gasteiger partial charge in [0.1, 0.15) is 11.5 Å². The third-order valence-electron chi connectivity index (χ3n) is 5.62. The third-order valence-corrected chi connectivity index (χ3v) is 5.62. The normalized spacial score (nSPS) is 10.7. The predicted molar refractivity (Wildman–Crippen MR) is 153 cm³/mol. The van der Waals surface area contributed by atoms with E-state index < -0.39 is 46.4 Å². The van der Waals surface area contributed by atoms with Gasteiger partial charge in [0.05, 0.1) is 34.7 Å². The van der Waals surface area contributed by atoms with Gasteiger partial charge in [-0.2, -0.15) is 20.5 Å². The molecule has 0 aliphatic carbocycles. The smallest absolute Gasteiger partial charge is 0.545 e. The number of aromatic carboxylic acids is 2. The minimum atomic E-state index is -1.55. The molecule has 0 aliphatic heterocycles. The van der Waals surface area contributed by atoms with Gasteiger partial charge in [0, 0.05) is 34.7 Å². The molecule has 16 heteroatoms. The molecule has 0 bridgehead atoms. The maximum Gasteiger partial charge on any atom is 1.00 e. The molecule has 0 atom stereocenters. The van der Waals surface area contributed by atoms with Crippen LogP contribution in [0.2, 0.25) is 0 Å². The molecular weight excluding hydrogens is 618 g/mol. The van der Waals surface area contributed by atoms with E-state index in [1.54, 1.807) is 48.5 Å². The molecule has 0 spiro atoms. The number of benzene rings is 4. The number of anilines is 2. The van der Waals surface area contributed by atoms with E-state index in [1.807, 2.05) is 0 Å². The molecule has 0 aromatic heterocycles. The average molecular weight is 639 g/mol. The summed E-state index contributed by atoms with van der Waals surface area (Å²) in [5.41, 5.74) is 1.17. The van der Waals surface area contributed by atoms with Crippen LogP contribution >= 0.6 is 0 Å². The molecule has 0 heterocycles. The Morgan fingerprint density at radius 2 is 0.826 bits per heavy atom. The van der Waals surface area contributed by atoms with Gasteiger partial charge in [0.25, 0.3) is 0 Å². The number of hydrogen-bond donors (Lipinski definition) is 4. The molecule has 14 nitrogen and oxygen atoms in total. The second-order valence-electron chi connectivity index (χ2n) is 8.78. The Bertz CT molecular complexity index is 1700. The minimum Gasteiger partial charge on any atom is -0.545 e. The molecular formula is C30H20N6Na2O8. The van der Waals surface area contributed by atoms with Crippen molar-refractivity contribution in [2.24, 2.45) is 20.5 Å². The molecule has 4 aromatic rings. The molecule has 4 rings (SSSR count). The number of rotatable bonds is 10. The van der Waals surface area contributed by atoms with Crippen molar-refractivity contribution in [2.75, 3.05) is 10.6 Å². The number of hydrogen-bond acceptors (Lipinski definition) is 12. The molecule has 0 unspecified atom stereocenters. The summed E-state index contributed by atoms with van der Waals surface area (Å²) < 4.78 is 0. The number of carboxylic acids is 2. The van der Waals surface area contributed by atoms with Crippen molar-refractivity contribution < 1.29 is 98.7 Å². The Morgan fingerprint density at radius 1 is 0.522 bits per heavy atom. The van der Waals surface area contributed by atoms with Crippen LogP contribution in [0.15, 0.2) is 118 Å². The number of azo groups is 2. The van der Waals surface area contributed by atoms with Crippen LogP contribution in [0.5, 0.6) is 11.5 Å². The van der Waals surface area contributed by atoms with Crippen LogP contribution in [0.1, 0.15) is 20.7 Å². The number of carbonyl (C=O) groups is 4. The zero-order valence-corrected chi connectivity index (χ0v) is 28.4. The van der Waals surface area contributed by atoms with Crippen molar-refractivity contribution in [1.29, 1.82) is 0 Å². The molecule has 4 aromatic carbocycles. The summed E-state index contributed by atoms with van der Waals surface area (Å²) in [5.74, 6) is -5.13. The quantitative estimate of drug-likeness (QED) is 0.0844. The van der Waals surface area contributed by atoms with E-state index in [0.29, 0.717) is 22.7 Å². The Labute approximate surface area is 305 Å². The monoisotopic (exact) mass is 638 g/mol.